The molecule has 2 saturated heterocycles. The van der Waals surface area contributed by atoms with Crippen LogP contribution in [0.5, 0.6) is 0 Å². The van der Waals surface area contributed by atoms with E-state index in [0.717, 1.165) is 39.0 Å². The summed E-state index contributed by atoms with van der Waals surface area (Å²) >= 11 is 0. The average Bonchev–Trinajstić information content (AvgIpc) is 2.60. The van der Waals surface area contributed by atoms with Crippen molar-refractivity contribution in [3.05, 3.63) is 35.4 Å². The van der Waals surface area contributed by atoms with Gasteiger partial charge in [-0.2, -0.15) is 0 Å². The molecular formula is C20H31N3O2. The number of hydrogen-bond acceptors (Lipinski definition) is 4. The fourth-order valence-electron chi connectivity index (χ4n) is 3.92. The van der Waals surface area contributed by atoms with E-state index in [1.807, 2.05) is 0 Å². The van der Waals surface area contributed by atoms with E-state index in [2.05, 4.69) is 53.6 Å². The highest BCUT2D eigenvalue weighted by Gasteiger charge is 2.23. The number of carbonyl (C=O) groups excluding carboxylic acids is 1. The summed E-state index contributed by atoms with van der Waals surface area (Å²) in [6.07, 6.45) is 3.79. The van der Waals surface area contributed by atoms with Gasteiger partial charge >= 0.3 is 0 Å². The van der Waals surface area contributed by atoms with Crippen molar-refractivity contribution in [3.63, 3.8) is 0 Å². The first-order valence-electron chi connectivity index (χ1n) is 9.57. The van der Waals surface area contributed by atoms with Crippen molar-refractivity contribution >= 4 is 5.91 Å². The number of nitrogens with one attached hydrogen (secondary N) is 2. The second-order valence-electron chi connectivity index (χ2n) is 7.44. The van der Waals surface area contributed by atoms with Gasteiger partial charge in [0.15, 0.2) is 0 Å². The quantitative estimate of drug-likeness (QED) is 0.858. The molecule has 5 heteroatoms. The molecule has 0 saturated carbocycles. The molecule has 2 N–H and O–H groups in total. The molecule has 1 aromatic carbocycles. The minimum absolute atomic E-state index is 0.0261. The zero-order valence-electron chi connectivity index (χ0n) is 15.5. The molecule has 2 heterocycles. The largest absolute Gasteiger partial charge is 0.373 e. The number of rotatable bonds is 5. The third-order valence-electron chi connectivity index (χ3n) is 5.09. The van der Waals surface area contributed by atoms with Gasteiger partial charge in [-0.1, -0.05) is 30.7 Å². The Morgan fingerprint density at radius 1 is 1.20 bits per heavy atom. The van der Waals surface area contributed by atoms with Crippen molar-refractivity contribution in [2.45, 2.75) is 64.4 Å². The van der Waals surface area contributed by atoms with Crippen molar-refractivity contribution in [2.24, 2.45) is 0 Å². The summed E-state index contributed by atoms with van der Waals surface area (Å²) in [6, 6.07) is 8.40. The maximum Gasteiger partial charge on any atom is 0.237 e. The van der Waals surface area contributed by atoms with E-state index in [1.165, 1.54) is 17.5 Å². The molecule has 2 aliphatic rings. The van der Waals surface area contributed by atoms with Gasteiger partial charge in [-0.05, 0) is 44.4 Å². The highest BCUT2D eigenvalue weighted by Crippen LogP contribution is 2.17. The molecule has 0 bridgehead atoms. The van der Waals surface area contributed by atoms with Crippen LogP contribution in [-0.2, 0) is 22.6 Å². The minimum Gasteiger partial charge on any atom is -0.373 e. The smallest absolute Gasteiger partial charge is 0.237 e. The second kappa shape index (κ2) is 8.79. The number of piperidine rings is 1. The Labute approximate surface area is 151 Å². The van der Waals surface area contributed by atoms with Crippen LogP contribution >= 0.6 is 0 Å². The Morgan fingerprint density at radius 2 is 1.92 bits per heavy atom. The van der Waals surface area contributed by atoms with E-state index in [1.54, 1.807) is 0 Å². The van der Waals surface area contributed by atoms with Crippen molar-refractivity contribution in [3.8, 4) is 0 Å². The lowest BCUT2D eigenvalue weighted by atomic mass is 10.0. The van der Waals surface area contributed by atoms with Crippen LogP contribution in [0, 0.1) is 0 Å². The Morgan fingerprint density at radius 3 is 2.60 bits per heavy atom. The highest BCUT2D eigenvalue weighted by molar-refractivity contribution is 5.81. The summed E-state index contributed by atoms with van der Waals surface area (Å²) in [4.78, 5) is 14.8. The lowest BCUT2D eigenvalue weighted by Gasteiger charge is -2.35. The standard InChI is InChI=1S/C20H31N3O2/c1-15-12-23(13-16(2)25-15)14-18-8-4-3-7-17(18)11-22-20(24)19-9-5-6-10-21-19/h3-4,7-8,15-16,19,21H,5-6,9-14H2,1-2H3,(H,22,24)/t15-,16-,19+/m1/s1. The van der Waals surface area contributed by atoms with Crippen LogP contribution < -0.4 is 10.6 Å². The van der Waals surface area contributed by atoms with Crippen LogP contribution in [0.3, 0.4) is 0 Å². The number of benzene rings is 1. The molecule has 2 fully saturated rings. The normalized spacial score (nSPS) is 27.8. The Balaban J connectivity index is 1.57. The molecule has 0 spiro atoms. The number of ether oxygens (including phenoxy) is 1. The number of morpholine rings is 1. The maximum absolute atomic E-state index is 12.4. The maximum atomic E-state index is 12.4. The molecule has 0 radical (unpaired) electrons. The summed E-state index contributed by atoms with van der Waals surface area (Å²) in [5.74, 6) is 0.128. The van der Waals surface area contributed by atoms with Gasteiger partial charge in [0.1, 0.15) is 0 Å². The molecule has 1 amide bonds. The molecule has 0 aromatic heterocycles. The van der Waals surface area contributed by atoms with E-state index in [-0.39, 0.29) is 24.2 Å². The van der Waals surface area contributed by atoms with E-state index in [0.29, 0.717) is 6.54 Å². The average molecular weight is 345 g/mol. The molecule has 1 aromatic rings. The summed E-state index contributed by atoms with van der Waals surface area (Å²) in [7, 11) is 0. The lowest BCUT2D eigenvalue weighted by Crippen LogP contribution is -2.46. The zero-order valence-corrected chi connectivity index (χ0v) is 15.5. The number of carbonyl (C=O) groups is 1. The van der Waals surface area contributed by atoms with Crippen molar-refractivity contribution < 1.29 is 9.53 Å². The van der Waals surface area contributed by atoms with Crippen LogP contribution in [0.1, 0.15) is 44.2 Å². The van der Waals surface area contributed by atoms with Crippen LogP contribution in [0.15, 0.2) is 24.3 Å². The van der Waals surface area contributed by atoms with Crippen molar-refractivity contribution in [2.75, 3.05) is 19.6 Å². The Hall–Kier alpha value is -1.43. The monoisotopic (exact) mass is 345 g/mol. The summed E-state index contributed by atoms with van der Waals surface area (Å²) in [5, 5.41) is 6.43. The van der Waals surface area contributed by atoms with Gasteiger partial charge in [0.2, 0.25) is 5.91 Å². The predicted molar refractivity (Wildman–Crippen MR) is 99.2 cm³/mol. The number of amides is 1. The third-order valence-corrected chi connectivity index (χ3v) is 5.09. The molecule has 3 atom stereocenters. The first kappa shape index (κ1) is 18.4. The number of nitrogens with zero attached hydrogens (tertiary/aromatic N) is 1. The van der Waals surface area contributed by atoms with Gasteiger partial charge in [0, 0.05) is 26.2 Å². The van der Waals surface area contributed by atoms with Gasteiger partial charge in [0.05, 0.1) is 18.2 Å². The topological polar surface area (TPSA) is 53.6 Å². The van der Waals surface area contributed by atoms with Crippen molar-refractivity contribution in [1.82, 2.24) is 15.5 Å². The molecule has 3 rings (SSSR count). The van der Waals surface area contributed by atoms with E-state index in [9.17, 15) is 4.79 Å². The summed E-state index contributed by atoms with van der Waals surface area (Å²) in [5.41, 5.74) is 2.50. The fraction of sp³-hybridized carbons (Fsp3) is 0.650. The Bertz CT molecular complexity index is 562. The zero-order chi connectivity index (χ0) is 17.6. The van der Waals surface area contributed by atoms with E-state index < -0.39 is 0 Å². The summed E-state index contributed by atoms with van der Waals surface area (Å²) < 4.78 is 5.82. The van der Waals surface area contributed by atoms with Gasteiger partial charge in [-0.3, -0.25) is 9.69 Å². The first-order chi connectivity index (χ1) is 12.1. The molecule has 0 unspecified atom stereocenters. The lowest BCUT2D eigenvalue weighted by molar-refractivity contribution is -0.123. The van der Waals surface area contributed by atoms with Gasteiger partial charge in [-0.15, -0.1) is 0 Å². The molecular weight excluding hydrogens is 314 g/mol. The molecule has 2 aliphatic heterocycles. The van der Waals surface area contributed by atoms with Gasteiger partial charge in [0.25, 0.3) is 0 Å². The molecule has 0 aliphatic carbocycles. The van der Waals surface area contributed by atoms with Crippen LogP contribution in [0.2, 0.25) is 0 Å². The SMILES string of the molecule is C[C@@H]1CN(Cc2ccccc2CNC(=O)[C@@H]2CCCCN2)C[C@@H](C)O1. The minimum atomic E-state index is -0.0261. The van der Waals surface area contributed by atoms with Crippen LogP contribution in [0.25, 0.3) is 0 Å². The second-order valence-corrected chi connectivity index (χ2v) is 7.44. The molecule has 25 heavy (non-hydrogen) atoms. The third kappa shape index (κ3) is 5.27. The highest BCUT2D eigenvalue weighted by atomic mass is 16.5. The first-order valence-corrected chi connectivity index (χ1v) is 9.57. The van der Waals surface area contributed by atoms with Crippen molar-refractivity contribution in [1.29, 1.82) is 0 Å². The van der Waals surface area contributed by atoms with Gasteiger partial charge in [-0.25, -0.2) is 0 Å². The van der Waals surface area contributed by atoms with Gasteiger partial charge < -0.3 is 15.4 Å². The Kier molecular flexibility index (Phi) is 6.45. The molecule has 138 valence electrons. The van der Waals surface area contributed by atoms with E-state index in [4.69, 9.17) is 4.74 Å². The van der Waals surface area contributed by atoms with E-state index >= 15 is 0 Å². The predicted octanol–water partition coefficient (Wildman–Crippen LogP) is 2.05. The molecule has 5 nitrogen and oxygen atoms in total. The summed E-state index contributed by atoms with van der Waals surface area (Å²) in [6.45, 7) is 8.63. The van der Waals surface area contributed by atoms with Crippen LogP contribution in [-0.4, -0.2) is 48.7 Å². The number of hydrogen-bond donors (Lipinski definition) is 2. The van der Waals surface area contributed by atoms with Crippen LogP contribution in [0.4, 0.5) is 0 Å². The fourth-order valence-corrected chi connectivity index (χ4v) is 3.92.